The van der Waals surface area contributed by atoms with Crippen LogP contribution < -0.4 is 9.86 Å². The largest absolute Gasteiger partial charge is 0.476 e. The normalized spacial score (nSPS) is 15.1. The predicted molar refractivity (Wildman–Crippen MR) is 34.0 cm³/mol. The molecule has 0 radical (unpaired) electrons. The summed E-state index contributed by atoms with van der Waals surface area (Å²) in [5, 5.41) is 3.99. The highest BCUT2D eigenvalue weighted by Gasteiger charge is 2.48. The van der Waals surface area contributed by atoms with E-state index in [1.54, 1.807) is 0 Å². The van der Waals surface area contributed by atoms with Gasteiger partial charge in [-0.15, -0.1) is 0 Å². The molecule has 0 unspecified atom stereocenters. The summed E-state index contributed by atoms with van der Waals surface area (Å²) in [5.74, 6) is -3.00. The summed E-state index contributed by atoms with van der Waals surface area (Å²) in [5.41, 5.74) is -5.60. The summed E-state index contributed by atoms with van der Waals surface area (Å²) < 4.78 is 79.6. The van der Waals surface area contributed by atoms with Gasteiger partial charge in [-0.1, -0.05) is 0 Å². The Morgan fingerprint density at radius 2 is 1.50 bits per heavy atom. The van der Waals surface area contributed by atoms with E-state index >= 15 is 0 Å². The van der Waals surface area contributed by atoms with E-state index in [-0.39, 0.29) is 4.72 Å². The topological polar surface area (TPSA) is 72.2 Å². The van der Waals surface area contributed by atoms with Crippen LogP contribution in [0.2, 0.25) is 0 Å². The van der Waals surface area contributed by atoms with E-state index in [2.05, 4.69) is 5.14 Å². The molecule has 1 amide bonds. The van der Waals surface area contributed by atoms with Crippen molar-refractivity contribution in [3.63, 3.8) is 0 Å². The number of rotatable bonds is 1. The van der Waals surface area contributed by atoms with Crippen LogP contribution in [-0.4, -0.2) is 21.8 Å². The Labute approximate surface area is 74.1 Å². The van der Waals surface area contributed by atoms with Gasteiger partial charge < -0.3 is 0 Å². The molecule has 0 bridgehead atoms. The van der Waals surface area contributed by atoms with Crippen LogP contribution in [0, 0.1) is 0 Å². The minimum absolute atomic E-state index is 0.181. The number of thiol groups is 1. The van der Waals surface area contributed by atoms with Crippen LogP contribution in [0.25, 0.3) is 0 Å². The highest BCUT2D eigenvalue weighted by molar-refractivity contribution is 8.00. The minimum atomic E-state index is -5.85. The number of nitrogens with one attached hydrogen (secondary N) is 1. The number of hydrogen-bond acceptors (Lipinski definition) is 2. The fourth-order valence-electron chi connectivity index (χ4n) is 0.278. The summed E-state index contributed by atoms with van der Waals surface area (Å²) in [6, 6.07) is 0. The zero-order chi connectivity index (χ0) is 11.8. The molecule has 0 aromatic rings. The molecule has 86 valence electrons. The third kappa shape index (κ3) is 3.14. The van der Waals surface area contributed by atoms with Crippen molar-refractivity contribution >= 4 is 16.2 Å². The van der Waals surface area contributed by atoms with Crippen LogP contribution in [0.1, 0.15) is 0 Å². The fourth-order valence-corrected chi connectivity index (χ4v) is 0.833. The minimum Gasteiger partial charge on any atom is -0.272 e. The zero-order valence-electron chi connectivity index (χ0n) is 6.11. The van der Waals surface area contributed by atoms with Crippen molar-refractivity contribution in [2.45, 2.75) is 11.7 Å². The highest BCUT2D eigenvalue weighted by Crippen LogP contribution is 2.25. The van der Waals surface area contributed by atoms with Crippen LogP contribution in [-0.2, 0) is 15.1 Å². The van der Waals surface area contributed by atoms with Crippen LogP contribution >= 0.6 is 0 Å². The second-order valence-corrected chi connectivity index (χ2v) is 4.11. The lowest BCUT2D eigenvalue weighted by Gasteiger charge is -2.23. The van der Waals surface area contributed by atoms with E-state index in [4.69, 9.17) is 0 Å². The van der Waals surface area contributed by atoms with Crippen LogP contribution in [0.4, 0.5) is 26.3 Å². The van der Waals surface area contributed by atoms with Crippen molar-refractivity contribution in [3.8, 4) is 0 Å². The van der Waals surface area contributed by atoms with Gasteiger partial charge in [-0.3, -0.25) is 14.7 Å². The second-order valence-electron chi connectivity index (χ2n) is 2.06. The van der Waals surface area contributed by atoms with Crippen molar-refractivity contribution in [3.05, 3.63) is 0 Å². The molecule has 0 aromatic heterocycles. The highest BCUT2D eigenvalue weighted by atomic mass is 32.3. The molecule has 14 heavy (non-hydrogen) atoms. The van der Waals surface area contributed by atoms with Gasteiger partial charge in [-0.25, -0.2) is 4.21 Å². The third-order valence-electron chi connectivity index (χ3n) is 0.902. The first-order valence-corrected chi connectivity index (χ1v) is 4.50. The maximum atomic E-state index is 11.6. The van der Waals surface area contributed by atoms with Crippen molar-refractivity contribution in [2.24, 2.45) is 5.14 Å². The molecule has 0 atom stereocenters. The van der Waals surface area contributed by atoms with Crippen molar-refractivity contribution in [1.82, 2.24) is 4.72 Å². The molecule has 0 aliphatic rings. The van der Waals surface area contributed by atoms with E-state index in [1.807, 2.05) is 0 Å². The Bertz CT molecular complexity index is 282. The van der Waals surface area contributed by atoms with Gasteiger partial charge in [0.05, 0.1) is 10.3 Å². The van der Waals surface area contributed by atoms with Crippen molar-refractivity contribution in [1.29, 1.82) is 0 Å². The van der Waals surface area contributed by atoms with Gasteiger partial charge in [0.1, 0.15) is 0 Å². The Balaban J connectivity index is 4.72. The van der Waals surface area contributed by atoms with Gasteiger partial charge in [0.2, 0.25) is 0 Å². The molecule has 0 rings (SSSR count). The summed E-state index contributed by atoms with van der Waals surface area (Å²) in [6.45, 7) is 0. The summed E-state index contributed by atoms with van der Waals surface area (Å²) in [4.78, 5) is 9.94. The average Bonchev–Trinajstić information content (AvgIpc) is 1.80. The van der Waals surface area contributed by atoms with Crippen LogP contribution in [0.15, 0.2) is 0 Å². The number of carbonyl (C=O) groups excluding carboxylic acids is 1. The molecular weight excluding hydrogens is 242 g/mol. The lowest BCUT2D eigenvalue weighted by atomic mass is 10.6. The van der Waals surface area contributed by atoms with Gasteiger partial charge in [0.25, 0.3) is 0 Å². The monoisotopic (exact) mass is 246 g/mol. The van der Waals surface area contributed by atoms with E-state index in [0.717, 1.165) is 0 Å². The van der Waals surface area contributed by atoms with Gasteiger partial charge in [0.15, 0.2) is 0 Å². The van der Waals surface area contributed by atoms with Crippen LogP contribution in [0.5, 0.6) is 0 Å². The smallest absolute Gasteiger partial charge is 0.272 e. The standard InChI is InChI=1S/C3H4F6N2O2S/c4-2(5,6)1(12)11-14(10,13)3(7,8)9/h14H,(H3,10,11,12,13). The molecule has 0 heterocycles. The lowest BCUT2D eigenvalue weighted by molar-refractivity contribution is -0.171. The zero-order valence-corrected chi connectivity index (χ0v) is 7.00. The summed E-state index contributed by atoms with van der Waals surface area (Å²) in [6.07, 6.45) is -5.57. The maximum absolute atomic E-state index is 11.6. The number of hydrogen-bond donors (Lipinski definition) is 3. The number of nitrogens with two attached hydrogens (primary N) is 1. The SMILES string of the molecule is N[SH](=O)(NC(=O)C(F)(F)F)C(F)(F)F. The maximum Gasteiger partial charge on any atom is 0.476 e. The molecule has 0 aromatic carbocycles. The molecule has 0 fully saturated rings. The molecule has 4 nitrogen and oxygen atoms in total. The lowest BCUT2D eigenvalue weighted by Crippen LogP contribution is -2.55. The molecular formula is C3H4F6N2O2S. The Morgan fingerprint density at radius 3 is 1.71 bits per heavy atom. The van der Waals surface area contributed by atoms with Gasteiger partial charge >= 0.3 is 17.6 Å². The average molecular weight is 246 g/mol. The Hall–Kier alpha value is -0.840. The summed E-state index contributed by atoms with van der Waals surface area (Å²) >= 11 is 0. The molecule has 11 heteroatoms. The quantitative estimate of drug-likeness (QED) is 0.450. The third-order valence-corrected chi connectivity index (χ3v) is 2.19. The van der Waals surface area contributed by atoms with Gasteiger partial charge in [0, 0.05) is 0 Å². The number of carbonyl (C=O) groups is 1. The molecule has 0 spiro atoms. The number of halogens is 6. The predicted octanol–water partition coefficient (Wildman–Crippen LogP) is -0.00990. The Morgan fingerprint density at radius 1 is 1.14 bits per heavy atom. The first kappa shape index (κ1) is 13.2. The second kappa shape index (κ2) is 3.38. The van der Waals surface area contributed by atoms with Crippen LogP contribution in [0.3, 0.4) is 0 Å². The molecule has 0 saturated heterocycles. The number of alkyl halides is 6. The Kier molecular flexibility index (Phi) is 3.18. The molecule has 3 N–H and O–H groups in total. The van der Waals surface area contributed by atoms with E-state index in [9.17, 15) is 35.3 Å². The molecule has 0 aliphatic heterocycles. The van der Waals surface area contributed by atoms with E-state index < -0.39 is 27.9 Å². The molecule has 0 saturated carbocycles. The first-order chi connectivity index (χ1) is 5.88. The fraction of sp³-hybridized carbons (Fsp3) is 0.667. The summed E-state index contributed by atoms with van der Waals surface area (Å²) in [7, 11) is -5.85. The van der Waals surface area contributed by atoms with Crippen molar-refractivity contribution < 1.29 is 35.3 Å². The van der Waals surface area contributed by atoms with Crippen molar-refractivity contribution in [2.75, 3.05) is 0 Å². The van der Waals surface area contributed by atoms with Gasteiger partial charge in [-0.05, 0) is 0 Å². The molecule has 0 aliphatic carbocycles. The number of amides is 1. The van der Waals surface area contributed by atoms with E-state index in [0.29, 0.717) is 0 Å². The van der Waals surface area contributed by atoms with E-state index in [1.165, 1.54) is 0 Å². The first-order valence-electron chi connectivity index (χ1n) is 2.73. The van der Waals surface area contributed by atoms with Gasteiger partial charge in [-0.2, -0.15) is 26.3 Å².